The van der Waals surface area contributed by atoms with E-state index in [1.165, 1.54) is 5.57 Å². The first kappa shape index (κ1) is 22.3. The van der Waals surface area contributed by atoms with Gasteiger partial charge in [0.1, 0.15) is 11.9 Å². The Bertz CT molecular complexity index is 681. The van der Waals surface area contributed by atoms with E-state index in [0.717, 1.165) is 32.1 Å². The molecule has 4 rings (SSSR count). The maximum absolute atomic E-state index is 12.4. The Kier molecular flexibility index (Phi) is 6.36. The second kappa shape index (κ2) is 8.55. The molecule has 0 radical (unpaired) electrons. The lowest BCUT2D eigenvalue weighted by molar-refractivity contribution is -0.790. The third-order valence-electron chi connectivity index (χ3n) is 8.75. The van der Waals surface area contributed by atoms with Crippen molar-refractivity contribution in [3.8, 4) is 0 Å². The average Bonchev–Trinajstić information content (AvgIpc) is 3.05. The largest absolute Gasteiger partial charge is 0.393 e. The second-order valence-corrected chi connectivity index (χ2v) is 10.0. The number of carbonyl (C=O) groups excluding carboxylic acids is 1. The summed E-state index contributed by atoms with van der Waals surface area (Å²) in [4.78, 5) is 18.1. The van der Waals surface area contributed by atoms with Gasteiger partial charge in [0, 0.05) is 11.8 Å². The Hall–Kier alpha value is -0.910. The van der Waals surface area contributed by atoms with Gasteiger partial charge in [-0.3, -0.25) is 4.79 Å². The Morgan fingerprint density at radius 3 is 2.63 bits per heavy atom. The lowest BCUT2D eigenvalue weighted by Gasteiger charge is -2.59. The van der Waals surface area contributed by atoms with Gasteiger partial charge in [0.15, 0.2) is 0 Å². The van der Waals surface area contributed by atoms with Crippen LogP contribution in [0.15, 0.2) is 11.6 Å². The number of hydrogen-bond acceptors (Lipinski definition) is 9. The maximum atomic E-state index is 12.4. The van der Waals surface area contributed by atoms with Crippen molar-refractivity contribution in [2.24, 2.45) is 34.5 Å². The van der Waals surface area contributed by atoms with Crippen molar-refractivity contribution in [3.63, 3.8) is 0 Å². The highest BCUT2D eigenvalue weighted by molar-refractivity contribution is 5.79. The fourth-order valence-corrected chi connectivity index (χ4v) is 7.60. The van der Waals surface area contributed by atoms with Crippen molar-refractivity contribution in [2.75, 3.05) is 0 Å². The molecule has 9 heteroatoms. The van der Waals surface area contributed by atoms with Crippen LogP contribution >= 0.6 is 0 Å². The number of allylic oxidation sites excluding steroid dienone is 1. The van der Waals surface area contributed by atoms with Crippen LogP contribution in [0.25, 0.3) is 0 Å². The number of rotatable bonds is 7. The summed E-state index contributed by atoms with van der Waals surface area (Å²) in [6, 6.07) is 0. The number of aliphatic hydroxyl groups is 1. The first-order valence-corrected chi connectivity index (χ1v) is 10.8. The van der Waals surface area contributed by atoms with Crippen molar-refractivity contribution in [2.45, 2.75) is 77.9 Å². The molecule has 2 N–H and O–H groups in total. The molecule has 170 valence electrons. The van der Waals surface area contributed by atoms with Crippen LogP contribution in [0.2, 0.25) is 0 Å². The van der Waals surface area contributed by atoms with Crippen molar-refractivity contribution >= 4 is 5.78 Å². The molecule has 0 saturated heterocycles. The molecule has 30 heavy (non-hydrogen) atoms. The predicted molar refractivity (Wildman–Crippen MR) is 100 cm³/mol. The van der Waals surface area contributed by atoms with Crippen LogP contribution in [-0.2, 0) is 34.9 Å². The van der Waals surface area contributed by atoms with Gasteiger partial charge in [-0.05, 0) is 99.7 Å². The van der Waals surface area contributed by atoms with Crippen LogP contribution in [-0.4, -0.2) is 28.4 Å². The quantitative estimate of drug-likeness (QED) is 0.271. The molecule has 0 aliphatic heterocycles. The van der Waals surface area contributed by atoms with E-state index >= 15 is 0 Å². The zero-order valence-electron chi connectivity index (χ0n) is 17.7. The summed E-state index contributed by atoms with van der Waals surface area (Å²) >= 11 is 0. The van der Waals surface area contributed by atoms with E-state index in [4.69, 9.17) is 15.2 Å². The minimum absolute atomic E-state index is 0.00389. The molecule has 0 bridgehead atoms. The molecule has 9 nitrogen and oxygen atoms in total. The Balaban J connectivity index is 1.62. The molecule has 0 heterocycles. The standard InChI is InChI=1S/C21H32O9/c1-12(22)16-6-7-17-15-5-4-13-10-14(23)8-9-20(13,2)19(15)18(11-21(16,17)3)25-27-29-30-28-26-24/h4,14-19,23-24H,5-11H2,1-3H3/t14-,15?,16+,17-,18+,19+,20?,21?/m0/s1. The summed E-state index contributed by atoms with van der Waals surface area (Å²) in [7, 11) is 0. The topological polar surface area (TPSA) is 113 Å². The van der Waals surface area contributed by atoms with Gasteiger partial charge in [0.25, 0.3) is 0 Å². The Morgan fingerprint density at radius 2 is 1.90 bits per heavy atom. The van der Waals surface area contributed by atoms with Crippen molar-refractivity contribution in [1.29, 1.82) is 0 Å². The minimum Gasteiger partial charge on any atom is -0.393 e. The van der Waals surface area contributed by atoms with Gasteiger partial charge >= 0.3 is 0 Å². The van der Waals surface area contributed by atoms with Gasteiger partial charge in [0.2, 0.25) is 0 Å². The summed E-state index contributed by atoms with van der Waals surface area (Å²) < 4.78 is 0. The number of fused-ring (bicyclic) bond motifs is 5. The van der Waals surface area contributed by atoms with Crippen molar-refractivity contribution in [3.05, 3.63) is 11.6 Å². The van der Waals surface area contributed by atoms with E-state index in [1.807, 2.05) is 0 Å². The molecule has 4 aliphatic carbocycles. The highest BCUT2D eigenvalue weighted by Gasteiger charge is 2.63. The molecule has 8 atom stereocenters. The van der Waals surface area contributed by atoms with Gasteiger partial charge in [-0.2, -0.15) is 0 Å². The molecule has 3 saturated carbocycles. The van der Waals surface area contributed by atoms with E-state index in [-0.39, 0.29) is 40.7 Å². The van der Waals surface area contributed by atoms with E-state index < -0.39 is 0 Å². The third kappa shape index (κ3) is 3.65. The van der Waals surface area contributed by atoms with Crippen molar-refractivity contribution in [1.82, 2.24) is 0 Å². The molecule has 0 amide bonds. The van der Waals surface area contributed by atoms with Crippen LogP contribution < -0.4 is 0 Å². The van der Waals surface area contributed by atoms with Gasteiger partial charge < -0.3 is 5.11 Å². The molecule has 3 unspecified atom stereocenters. The smallest absolute Gasteiger partial charge is 0.133 e. The molecular weight excluding hydrogens is 396 g/mol. The number of hydrogen-bond donors (Lipinski definition) is 2. The van der Waals surface area contributed by atoms with Crippen LogP contribution in [0.4, 0.5) is 0 Å². The first-order valence-electron chi connectivity index (χ1n) is 10.8. The Labute approximate surface area is 175 Å². The highest BCUT2D eigenvalue weighted by Crippen LogP contribution is 2.66. The third-order valence-corrected chi connectivity index (χ3v) is 8.75. The highest BCUT2D eigenvalue weighted by atomic mass is 17.9. The second-order valence-electron chi connectivity index (χ2n) is 10.0. The van der Waals surface area contributed by atoms with E-state index in [9.17, 15) is 9.90 Å². The van der Waals surface area contributed by atoms with Gasteiger partial charge in [-0.1, -0.05) is 25.5 Å². The Morgan fingerprint density at radius 1 is 1.13 bits per heavy atom. The molecular formula is C21H32O9. The molecule has 3 fully saturated rings. The lowest BCUT2D eigenvalue weighted by Crippen LogP contribution is -2.57. The first-order chi connectivity index (χ1) is 14.3. The summed E-state index contributed by atoms with van der Waals surface area (Å²) in [6.07, 6.45) is 7.52. The molecule has 0 aromatic heterocycles. The van der Waals surface area contributed by atoms with Gasteiger partial charge in [0.05, 0.1) is 6.10 Å². The minimum atomic E-state index is -0.334. The summed E-state index contributed by atoms with van der Waals surface area (Å²) in [5, 5.41) is 38.4. The SMILES string of the molecule is CC(=O)[C@H]1CC[C@H]2C3CC=C4C[C@@H](O)CCC4(C)[C@H]3[C@H](OOOOOOO)CC12C. The van der Waals surface area contributed by atoms with E-state index in [1.54, 1.807) is 6.92 Å². The van der Waals surface area contributed by atoms with Crippen LogP contribution in [0.1, 0.15) is 65.7 Å². The summed E-state index contributed by atoms with van der Waals surface area (Å²) in [5.74, 6) is 1.17. The van der Waals surface area contributed by atoms with E-state index in [0.29, 0.717) is 24.7 Å². The number of carbonyl (C=O) groups is 1. The van der Waals surface area contributed by atoms with Gasteiger partial charge in [-0.25, -0.2) is 10.1 Å². The van der Waals surface area contributed by atoms with Crippen LogP contribution in [0.3, 0.4) is 0 Å². The molecule has 0 aromatic rings. The average molecular weight is 428 g/mol. The predicted octanol–water partition coefficient (Wildman–Crippen LogP) is 3.64. The zero-order valence-corrected chi connectivity index (χ0v) is 17.7. The summed E-state index contributed by atoms with van der Waals surface area (Å²) in [5.41, 5.74) is 0.995. The van der Waals surface area contributed by atoms with Crippen LogP contribution in [0.5, 0.6) is 0 Å². The molecule has 4 aliphatic rings. The number of aliphatic hydroxyl groups excluding tert-OH is 1. The number of Topliss-reactive ketones (excluding diaryl/α,β-unsaturated/α-hetero) is 1. The monoisotopic (exact) mass is 428 g/mol. The number of ketones is 1. The van der Waals surface area contributed by atoms with E-state index in [2.05, 4.69) is 40.1 Å². The summed E-state index contributed by atoms with van der Waals surface area (Å²) in [6.45, 7) is 6.15. The fraction of sp³-hybridized carbons (Fsp3) is 0.857. The lowest BCUT2D eigenvalue weighted by atomic mass is 9.46. The molecule has 0 spiro atoms. The molecule has 0 aromatic carbocycles. The van der Waals surface area contributed by atoms with Gasteiger partial charge in [-0.15, -0.1) is 0 Å². The fourth-order valence-electron chi connectivity index (χ4n) is 7.60. The van der Waals surface area contributed by atoms with Crippen molar-refractivity contribution < 1.29 is 45.2 Å². The maximum Gasteiger partial charge on any atom is 0.133 e. The normalized spacial score (nSPS) is 45.3. The zero-order chi connectivity index (χ0) is 21.5. The van der Waals surface area contributed by atoms with Crippen LogP contribution in [0, 0.1) is 34.5 Å².